The molecule has 0 aromatic heterocycles. The molecule has 88 valence electrons. The summed E-state index contributed by atoms with van der Waals surface area (Å²) in [5.41, 5.74) is 2.96. The number of hydrogen-bond donors (Lipinski definition) is 2. The van der Waals surface area contributed by atoms with Gasteiger partial charge in [0, 0.05) is 19.8 Å². The smallest absolute Gasteiger partial charge is 0.0770 e. The summed E-state index contributed by atoms with van der Waals surface area (Å²) in [5.74, 6) is 6.90. The first kappa shape index (κ1) is 11.3. The van der Waals surface area contributed by atoms with Gasteiger partial charge in [-0.05, 0) is 31.1 Å². The van der Waals surface area contributed by atoms with Crippen LogP contribution in [0.2, 0.25) is 0 Å². The standard InChI is InChI=1S/C11H22N2O2/c1-8-2-7-15-11(8)10(13-12)9-3-5-14-6-4-9/h8-11,13H,2-7,12H2,1H3. The van der Waals surface area contributed by atoms with E-state index in [1.807, 2.05) is 0 Å². The minimum atomic E-state index is 0.290. The molecular weight excluding hydrogens is 192 g/mol. The second-order valence-electron chi connectivity index (χ2n) is 4.74. The maximum atomic E-state index is 5.79. The van der Waals surface area contributed by atoms with Gasteiger partial charge in [0.05, 0.1) is 12.1 Å². The van der Waals surface area contributed by atoms with Crippen molar-refractivity contribution in [1.29, 1.82) is 0 Å². The average molecular weight is 214 g/mol. The van der Waals surface area contributed by atoms with Crippen LogP contribution >= 0.6 is 0 Å². The fraction of sp³-hybridized carbons (Fsp3) is 1.00. The van der Waals surface area contributed by atoms with Crippen LogP contribution in [-0.4, -0.2) is 32.0 Å². The van der Waals surface area contributed by atoms with Crippen LogP contribution in [0.1, 0.15) is 26.2 Å². The van der Waals surface area contributed by atoms with Crippen molar-refractivity contribution in [3.8, 4) is 0 Å². The molecule has 0 aliphatic carbocycles. The van der Waals surface area contributed by atoms with E-state index in [1.54, 1.807) is 0 Å². The highest BCUT2D eigenvalue weighted by molar-refractivity contribution is 4.89. The first-order chi connectivity index (χ1) is 7.33. The highest BCUT2D eigenvalue weighted by atomic mass is 16.5. The zero-order chi connectivity index (χ0) is 10.7. The summed E-state index contributed by atoms with van der Waals surface area (Å²) in [4.78, 5) is 0. The third-order valence-electron chi connectivity index (χ3n) is 3.76. The van der Waals surface area contributed by atoms with E-state index in [9.17, 15) is 0 Å². The van der Waals surface area contributed by atoms with Gasteiger partial charge < -0.3 is 9.47 Å². The highest BCUT2D eigenvalue weighted by Gasteiger charge is 2.36. The highest BCUT2D eigenvalue weighted by Crippen LogP contribution is 2.29. The van der Waals surface area contributed by atoms with E-state index in [2.05, 4.69) is 12.3 Å². The zero-order valence-electron chi connectivity index (χ0n) is 9.45. The van der Waals surface area contributed by atoms with E-state index in [-0.39, 0.29) is 6.10 Å². The SMILES string of the molecule is CC1CCOC1C(NN)C1CCOCC1. The Kier molecular flexibility index (Phi) is 3.97. The van der Waals surface area contributed by atoms with Crippen LogP contribution in [0.3, 0.4) is 0 Å². The predicted molar refractivity (Wildman–Crippen MR) is 58.2 cm³/mol. The summed E-state index contributed by atoms with van der Waals surface area (Å²) in [5, 5.41) is 0. The number of nitrogens with two attached hydrogens (primary N) is 1. The minimum Gasteiger partial charge on any atom is -0.381 e. The lowest BCUT2D eigenvalue weighted by atomic mass is 9.84. The van der Waals surface area contributed by atoms with E-state index < -0.39 is 0 Å². The Morgan fingerprint density at radius 1 is 1.20 bits per heavy atom. The van der Waals surface area contributed by atoms with Gasteiger partial charge in [0.25, 0.3) is 0 Å². The van der Waals surface area contributed by atoms with Crippen molar-refractivity contribution in [3.63, 3.8) is 0 Å². The van der Waals surface area contributed by atoms with E-state index >= 15 is 0 Å². The van der Waals surface area contributed by atoms with Crippen molar-refractivity contribution in [2.45, 2.75) is 38.3 Å². The van der Waals surface area contributed by atoms with Crippen molar-refractivity contribution in [2.24, 2.45) is 17.7 Å². The number of nitrogens with one attached hydrogen (secondary N) is 1. The first-order valence-corrected chi connectivity index (χ1v) is 5.98. The van der Waals surface area contributed by atoms with Crippen LogP contribution in [0.4, 0.5) is 0 Å². The van der Waals surface area contributed by atoms with Gasteiger partial charge >= 0.3 is 0 Å². The molecule has 0 spiro atoms. The quantitative estimate of drug-likeness (QED) is 0.535. The Bertz CT molecular complexity index is 195. The molecule has 3 atom stereocenters. The molecule has 4 nitrogen and oxygen atoms in total. The maximum absolute atomic E-state index is 5.79. The van der Waals surface area contributed by atoms with Gasteiger partial charge in [-0.1, -0.05) is 6.92 Å². The molecule has 2 heterocycles. The van der Waals surface area contributed by atoms with Crippen LogP contribution < -0.4 is 11.3 Å². The molecule has 2 aliphatic heterocycles. The van der Waals surface area contributed by atoms with E-state index in [1.165, 1.54) is 0 Å². The summed E-state index contributed by atoms with van der Waals surface area (Å²) in [6.45, 7) is 4.86. The minimum absolute atomic E-state index is 0.290. The van der Waals surface area contributed by atoms with Crippen LogP contribution in [0.25, 0.3) is 0 Å². The van der Waals surface area contributed by atoms with Crippen molar-refractivity contribution in [2.75, 3.05) is 19.8 Å². The molecule has 0 saturated carbocycles. The molecule has 2 saturated heterocycles. The molecule has 2 rings (SSSR count). The molecule has 15 heavy (non-hydrogen) atoms. The van der Waals surface area contributed by atoms with Gasteiger partial charge in [0.15, 0.2) is 0 Å². The Morgan fingerprint density at radius 3 is 2.47 bits per heavy atom. The average Bonchev–Trinajstić information content (AvgIpc) is 2.68. The predicted octanol–water partition coefficient (Wildman–Crippen LogP) is 0.670. The van der Waals surface area contributed by atoms with E-state index in [4.69, 9.17) is 15.3 Å². The first-order valence-electron chi connectivity index (χ1n) is 5.98. The molecule has 3 unspecified atom stereocenters. The topological polar surface area (TPSA) is 56.5 Å². The van der Waals surface area contributed by atoms with Gasteiger partial charge in [-0.15, -0.1) is 0 Å². The van der Waals surface area contributed by atoms with Crippen molar-refractivity contribution < 1.29 is 9.47 Å². The number of ether oxygens (including phenoxy) is 2. The second-order valence-corrected chi connectivity index (χ2v) is 4.74. The second kappa shape index (κ2) is 5.25. The van der Waals surface area contributed by atoms with E-state index in [0.29, 0.717) is 17.9 Å². The lowest BCUT2D eigenvalue weighted by molar-refractivity contribution is 0.000221. The van der Waals surface area contributed by atoms with Crippen LogP contribution in [0.15, 0.2) is 0 Å². The largest absolute Gasteiger partial charge is 0.381 e. The number of hydrazine groups is 1. The molecular formula is C11H22N2O2. The third kappa shape index (κ3) is 2.50. The summed E-state index contributed by atoms with van der Waals surface area (Å²) < 4.78 is 11.2. The normalized spacial score (nSPS) is 35.6. The molecule has 4 heteroatoms. The van der Waals surface area contributed by atoms with Crippen LogP contribution in [0, 0.1) is 11.8 Å². The molecule has 0 bridgehead atoms. The van der Waals surface area contributed by atoms with Gasteiger partial charge in [0.2, 0.25) is 0 Å². The molecule has 0 radical (unpaired) electrons. The molecule has 0 aromatic carbocycles. The summed E-state index contributed by atoms with van der Waals surface area (Å²) in [6.07, 6.45) is 3.65. The molecule has 0 aromatic rings. The fourth-order valence-electron chi connectivity index (χ4n) is 2.75. The van der Waals surface area contributed by atoms with Gasteiger partial charge in [-0.2, -0.15) is 0 Å². The lowest BCUT2D eigenvalue weighted by Gasteiger charge is -2.34. The van der Waals surface area contributed by atoms with E-state index in [0.717, 1.165) is 39.1 Å². The number of hydrogen-bond acceptors (Lipinski definition) is 4. The number of rotatable bonds is 3. The van der Waals surface area contributed by atoms with Gasteiger partial charge in [-0.3, -0.25) is 11.3 Å². The molecule has 3 N–H and O–H groups in total. The van der Waals surface area contributed by atoms with Gasteiger partial charge in [0.1, 0.15) is 0 Å². The third-order valence-corrected chi connectivity index (χ3v) is 3.76. The van der Waals surface area contributed by atoms with Crippen molar-refractivity contribution in [1.82, 2.24) is 5.43 Å². The maximum Gasteiger partial charge on any atom is 0.0770 e. The Morgan fingerprint density at radius 2 is 1.93 bits per heavy atom. The van der Waals surface area contributed by atoms with Crippen molar-refractivity contribution >= 4 is 0 Å². The Balaban J connectivity index is 1.95. The monoisotopic (exact) mass is 214 g/mol. The summed E-state index contributed by atoms with van der Waals surface area (Å²) in [6, 6.07) is 0.298. The van der Waals surface area contributed by atoms with Crippen LogP contribution in [-0.2, 0) is 9.47 Å². The summed E-state index contributed by atoms with van der Waals surface area (Å²) in [7, 11) is 0. The van der Waals surface area contributed by atoms with Crippen molar-refractivity contribution in [3.05, 3.63) is 0 Å². The molecule has 2 aliphatic rings. The zero-order valence-corrected chi connectivity index (χ0v) is 9.45. The molecule has 2 fully saturated rings. The Labute approximate surface area is 91.5 Å². The molecule has 0 amide bonds. The van der Waals surface area contributed by atoms with Gasteiger partial charge in [-0.25, -0.2) is 0 Å². The fourth-order valence-corrected chi connectivity index (χ4v) is 2.75. The lowest BCUT2D eigenvalue weighted by Crippen LogP contribution is -2.51. The summed E-state index contributed by atoms with van der Waals surface area (Å²) >= 11 is 0. The van der Waals surface area contributed by atoms with Crippen LogP contribution in [0.5, 0.6) is 0 Å². The Hall–Kier alpha value is -0.160.